The maximum absolute atomic E-state index is 4.49. The lowest BCUT2D eigenvalue weighted by molar-refractivity contribution is 0.308. The van der Waals surface area contributed by atoms with Crippen LogP contribution in [0.2, 0.25) is 19.6 Å². The molecule has 1 aromatic carbocycles. The van der Waals surface area contributed by atoms with Crippen LogP contribution in [0.5, 0.6) is 0 Å². The summed E-state index contributed by atoms with van der Waals surface area (Å²) in [6.45, 7) is 66.1. The third-order valence-corrected chi connectivity index (χ3v) is 18.0. The van der Waals surface area contributed by atoms with E-state index in [9.17, 15) is 0 Å². The largest absolute Gasteiger partial charge is 0.382 e. The molecule has 3 rings (SSSR count). The number of fused-ring (bicyclic) bond motifs is 2. The summed E-state index contributed by atoms with van der Waals surface area (Å²) in [5.74, 6) is 1.36. The highest BCUT2D eigenvalue weighted by Crippen LogP contribution is 2.48. The molecule has 0 fully saturated rings. The summed E-state index contributed by atoms with van der Waals surface area (Å²) in [5, 5.41) is 9.70. The van der Waals surface area contributed by atoms with Crippen molar-refractivity contribution in [2.24, 2.45) is 33.5 Å². The molecule has 0 saturated carbocycles. The zero-order valence-corrected chi connectivity index (χ0v) is 57.3. The van der Waals surface area contributed by atoms with Crippen molar-refractivity contribution in [1.29, 1.82) is 0 Å². The fraction of sp³-hybridized carbons (Fsp3) is 0.568. The van der Waals surface area contributed by atoms with Gasteiger partial charge in [0.1, 0.15) is 0 Å². The molecule has 0 saturated heterocycles. The quantitative estimate of drug-likeness (QED) is 0.0655. The van der Waals surface area contributed by atoms with Gasteiger partial charge in [-0.15, -0.1) is 11.3 Å². The van der Waals surface area contributed by atoms with E-state index in [1.165, 1.54) is 80.2 Å². The van der Waals surface area contributed by atoms with Crippen molar-refractivity contribution < 1.29 is 0 Å². The van der Waals surface area contributed by atoms with E-state index in [0.29, 0.717) is 18.4 Å². The van der Waals surface area contributed by atoms with Crippen molar-refractivity contribution in [1.82, 2.24) is 10.6 Å². The maximum atomic E-state index is 4.49. The Bertz CT molecular complexity index is 2620. The van der Waals surface area contributed by atoms with Crippen molar-refractivity contribution >= 4 is 41.0 Å². The zero-order chi connectivity index (χ0) is 60.0. The van der Waals surface area contributed by atoms with Gasteiger partial charge in [-0.2, -0.15) is 0 Å². The number of allylic oxidation sites excluding steroid dienone is 16. The van der Waals surface area contributed by atoms with Gasteiger partial charge in [-0.05, 0) is 179 Å². The number of nitrogens with one attached hydrogen (secondary N) is 2. The molecule has 1 aliphatic carbocycles. The summed E-state index contributed by atoms with van der Waals surface area (Å²) in [6.07, 6.45) is 40.2. The van der Waals surface area contributed by atoms with Crippen molar-refractivity contribution in [2.45, 2.75) is 234 Å². The van der Waals surface area contributed by atoms with E-state index < -0.39 is 8.07 Å². The van der Waals surface area contributed by atoms with Crippen LogP contribution >= 0.6 is 11.3 Å². The number of rotatable bonds is 28. The van der Waals surface area contributed by atoms with Crippen LogP contribution in [-0.2, 0) is 10.8 Å². The molecule has 2 nitrogen and oxygen atoms in total. The molecule has 2 aromatic rings. The first-order valence-corrected chi connectivity index (χ1v) is 35.0. The van der Waals surface area contributed by atoms with E-state index >= 15 is 0 Å². The Hall–Kier alpha value is -4.06. The number of thiophene rings is 1. The SMILES string of the molecule is C=C/C(=C\C=C\C(C)(C)CCC(C)C)NC/C(B(C(/C=C\CC(C)(C)CCC(C)C)=C/C)c1cc2cc3c(cc2s1)C(C)(C)CCC3(C)C)=C(\C=C(C)C)NC(=C/CC(C)(C)C)/C(=C\CC(C)(C)C)C(/C=C)=C/C=C/[Si](C)(C)C. The minimum atomic E-state index is -1.48. The summed E-state index contributed by atoms with van der Waals surface area (Å²) in [5.41, 5.74) is 15.4. The van der Waals surface area contributed by atoms with Crippen molar-refractivity contribution in [2.75, 3.05) is 6.54 Å². The minimum Gasteiger partial charge on any atom is -0.382 e. The molecule has 0 unspecified atom stereocenters. The first-order chi connectivity index (χ1) is 36.3. The van der Waals surface area contributed by atoms with Crippen molar-refractivity contribution in [3.8, 4) is 0 Å². The minimum absolute atomic E-state index is 0.0525. The Morgan fingerprint density at radius 3 is 1.87 bits per heavy atom. The molecule has 1 aromatic heterocycles. The fourth-order valence-electron chi connectivity index (χ4n) is 10.1. The molecule has 0 aliphatic heterocycles. The third-order valence-electron chi connectivity index (χ3n) is 15.7. The lowest BCUT2D eigenvalue weighted by Crippen LogP contribution is -2.39. The Labute approximate surface area is 494 Å². The molecule has 0 atom stereocenters. The number of hydrogen-bond acceptors (Lipinski definition) is 3. The predicted octanol–water partition coefficient (Wildman–Crippen LogP) is 22.1. The summed E-state index contributed by atoms with van der Waals surface area (Å²) >= 11 is 1.99. The van der Waals surface area contributed by atoms with Crippen LogP contribution in [0.25, 0.3) is 10.1 Å². The topological polar surface area (TPSA) is 24.1 Å². The fourth-order valence-corrected chi connectivity index (χ4v) is 12.1. The second-order valence-electron chi connectivity index (χ2n) is 30.8. The van der Waals surface area contributed by atoms with Crippen LogP contribution < -0.4 is 15.4 Å². The van der Waals surface area contributed by atoms with Gasteiger partial charge in [0.05, 0.1) is 8.07 Å². The molecule has 0 radical (unpaired) electrons. The Kier molecular flexibility index (Phi) is 25.6. The van der Waals surface area contributed by atoms with Gasteiger partial charge >= 0.3 is 0 Å². The van der Waals surface area contributed by atoms with Crippen LogP contribution in [0.1, 0.15) is 214 Å². The van der Waals surface area contributed by atoms with Gasteiger partial charge in [-0.25, -0.2) is 0 Å². The molecule has 0 spiro atoms. The number of benzene rings is 1. The smallest absolute Gasteiger partial charge is 0.253 e. The van der Waals surface area contributed by atoms with Crippen LogP contribution in [0, 0.1) is 33.5 Å². The van der Waals surface area contributed by atoms with Gasteiger partial charge in [-0.1, -0.05) is 248 Å². The van der Waals surface area contributed by atoms with Crippen molar-refractivity contribution in [3.05, 3.63) is 172 Å². The normalized spacial score (nSPS) is 16.9. The summed E-state index contributed by atoms with van der Waals surface area (Å²) < 4.78 is 2.72. The van der Waals surface area contributed by atoms with Gasteiger partial charge in [-0.3, -0.25) is 0 Å². The Morgan fingerprint density at radius 1 is 0.759 bits per heavy atom. The lowest BCUT2D eigenvalue weighted by Gasteiger charge is -2.41. The summed E-state index contributed by atoms with van der Waals surface area (Å²) in [7, 11) is -1.48. The number of hydrogen-bond donors (Lipinski definition) is 2. The standard InChI is InChI=1S/C74H117BN2SSi/c1-27-57(33-32-48-79(24,25)26)61(38-42-69(10,11)12)65(39-43-70(13,14)15)77-66(49-56(8)9)64(53-76-60(29-3)35-31-41-72(18,19)45-37-55(6)7)75(59(28-2)34-30-40-71(16,17)44-36-54(4)5)68-51-58-50-62-63(52-67(58)78-68)74(22,23)47-46-73(62,20)21/h27-35,38-39,41,48-52,54-55,76-77H,1,3,36-37,40,42-47,53H2,2,4-26H3/b34-30-,41-31+,48-32+,57-33+,59-28+,60-35+,61-38-,65-39+,66-64-. The zero-order valence-electron chi connectivity index (χ0n) is 55.4. The van der Waals surface area contributed by atoms with Gasteiger partial charge in [0.25, 0.3) is 6.71 Å². The van der Waals surface area contributed by atoms with Crippen LogP contribution in [0.15, 0.2) is 161 Å². The third kappa shape index (κ3) is 23.7. The molecule has 0 bridgehead atoms. The Morgan fingerprint density at radius 2 is 1.34 bits per heavy atom. The molecule has 5 heteroatoms. The lowest BCUT2D eigenvalue weighted by atomic mass is 9.37. The van der Waals surface area contributed by atoms with E-state index in [-0.39, 0.29) is 39.2 Å². The highest BCUT2D eigenvalue weighted by molar-refractivity contribution is 7.30. The predicted molar refractivity (Wildman–Crippen MR) is 366 cm³/mol. The van der Waals surface area contributed by atoms with Gasteiger partial charge in [0, 0.05) is 33.9 Å². The summed E-state index contributed by atoms with van der Waals surface area (Å²) in [6, 6.07) is 7.69. The van der Waals surface area contributed by atoms with E-state index in [2.05, 4.69) is 286 Å². The second kappa shape index (κ2) is 29.3. The van der Waals surface area contributed by atoms with Gasteiger partial charge in [0.15, 0.2) is 0 Å². The first-order valence-electron chi connectivity index (χ1n) is 30.6. The monoisotopic (exact) mass is 1100 g/mol. The van der Waals surface area contributed by atoms with Gasteiger partial charge in [0.2, 0.25) is 0 Å². The summed E-state index contributed by atoms with van der Waals surface area (Å²) in [4.78, 5) is 0. The molecule has 2 N–H and O–H groups in total. The molecular formula is C74H117BN2SSi. The molecular weight excluding hydrogens is 988 g/mol. The molecule has 1 heterocycles. The van der Waals surface area contributed by atoms with Crippen LogP contribution in [0.3, 0.4) is 0 Å². The molecule has 0 amide bonds. The maximum Gasteiger partial charge on any atom is 0.253 e. The highest BCUT2D eigenvalue weighted by atomic mass is 32.1. The molecule has 1 aliphatic rings. The average Bonchev–Trinajstić information content (AvgIpc) is 3.73. The average molecular weight is 1110 g/mol. The highest BCUT2D eigenvalue weighted by Gasteiger charge is 2.38. The van der Waals surface area contributed by atoms with E-state index in [1.807, 2.05) is 17.4 Å². The van der Waals surface area contributed by atoms with Crippen LogP contribution in [-0.4, -0.2) is 21.3 Å². The van der Waals surface area contributed by atoms with E-state index in [1.54, 1.807) is 0 Å². The second-order valence-corrected chi connectivity index (χ2v) is 37.0. The van der Waals surface area contributed by atoms with E-state index in [4.69, 9.17) is 0 Å². The Balaban J connectivity index is 2.69. The van der Waals surface area contributed by atoms with Crippen molar-refractivity contribution in [3.63, 3.8) is 0 Å². The van der Waals surface area contributed by atoms with E-state index in [0.717, 1.165) is 48.3 Å². The van der Waals surface area contributed by atoms with Crippen LogP contribution in [0.4, 0.5) is 0 Å². The van der Waals surface area contributed by atoms with Gasteiger partial charge < -0.3 is 10.6 Å². The molecule has 436 valence electrons. The molecule has 79 heavy (non-hydrogen) atoms. The first kappa shape index (κ1) is 69.2.